The van der Waals surface area contributed by atoms with Crippen molar-refractivity contribution in [2.45, 2.75) is 38.5 Å². The lowest BCUT2D eigenvalue weighted by Crippen LogP contribution is -2.05. The molecule has 0 aliphatic heterocycles. The molecule has 0 fully saturated rings. The van der Waals surface area contributed by atoms with E-state index in [0.717, 1.165) is 18.7 Å². The van der Waals surface area contributed by atoms with Gasteiger partial charge in [-0.25, -0.2) is 24.3 Å². The van der Waals surface area contributed by atoms with Gasteiger partial charge in [-0.2, -0.15) is 0 Å². The Hall–Kier alpha value is -1.62. The Morgan fingerprint density at radius 1 is 0.900 bits per heavy atom. The molecule has 2 aromatic heterocycles. The predicted molar refractivity (Wildman–Crippen MR) is 75.1 cm³/mol. The molecule has 0 N–H and O–H groups in total. The quantitative estimate of drug-likeness (QED) is 0.843. The molecule has 0 spiro atoms. The molecular formula is C14H16ClFN4. The van der Waals surface area contributed by atoms with Crippen LogP contribution >= 0.6 is 11.6 Å². The Labute approximate surface area is 122 Å². The van der Waals surface area contributed by atoms with E-state index in [9.17, 15) is 4.39 Å². The second kappa shape index (κ2) is 6.70. The van der Waals surface area contributed by atoms with Gasteiger partial charge in [-0.1, -0.05) is 25.4 Å². The molecule has 6 heteroatoms. The summed E-state index contributed by atoms with van der Waals surface area (Å²) in [4.78, 5) is 16.4. The summed E-state index contributed by atoms with van der Waals surface area (Å²) in [6, 6.07) is 0. The Morgan fingerprint density at radius 2 is 1.30 bits per heavy atom. The molecule has 0 amide bonds. The van der Waals surface area contributed by atoms with Crippen molar-refractivity contribution in [1.82, 2.24) is 19.9 Å². The van der Waals surface area contributed by atoms with Crippen LogP contribution in [0.5, 0.6) is 0 Å². The average Bonchev–Trinajstić information content (AvgIpc) is 2.46. The smallest absolute Gasteiger partial charge is 0.159 e. The summed E-state index contributed by atoms with van der Waals surface area (Å²) in [7, 11) is 0. The third kappa shape index (κ3) is 3.93. The van der Waals surface area contributed by atoms with Crippen LogP contribution in [-0.4, -0.2) is 19.9 Å². The first-order valence-corrected chi connectivity index (χ1v) is 6.89. The number of rotatable bonds is 5. The van der Waals surface area contributed by atoms with E-state index in [-0.39, 0.29) is 11.8 Å². The van der Waals surface area contributed by atoms with Gasteiger partial charge in [0, 0.05) is 24.2 Å². The highest BCUT2D eigenvalue weighted by atomic mass is 35.5. The fourth-order valence-corrected chi connectivity index (χ4v) is 2.01. The highest BCUT2D eigenvalue weighted by Crippen LogP contribution is 2.24. The lowest BCUT2D eigenvalue weighted by Gasteiger charge is -2.13. The van der Waals surface area contributed by atoms with Crippen LogP contribution < -0.4 is 0 Å². The molecule has 0 aliphatic carbocycles. The maximum Gasteiger partial charge on any atom is 0.159 e. The highest BCUT2D eigenvalue weighted by molar-refractivity contribution is 6.30. The van der Waals surface area contributed by atoms with Crippen molar-refractivity contribution in [2.75, 3.05) is 0 Å². The Morgan fingerprint density at radius 3 is 1.75 bits per heavy atom. The SMILES string of the molecule is CC(CCC(C)c1ncc(Cl)cn1)c1ncc(F)cn1. The molecule has 0 aliphatic rings. The first-order chi connectivity index (χ1) is 9.56. The lowest BCUT2D eigenvalue weighted by molar-refractivity contribution is 0.533. The van der Waals surface area contributed by atoms with E-state index in [0.29, 0.717) is 10.8 Å². The summed E-state index contributed by atoms with van der Waals surface area (Å²) in [5, 5.41) is 0.536. The number of hydrogen-bond acceptors (Lipinski definition) is 4. The fraction of sp³-hybridized carbons (Fsp3) is 0.429. The molecule has 2 rings (SSSR count). The Bertz CT molecular complexity index is 493. The van der Waals surface area contributed by atoms with Gasteiger partial charge in [-0.05, 0) is 12.8 Å². The average molecular weight is 295 g/mol. The minimum absolute atomic E-state index is 0.172. The summed E-state index contributed by atoms with van der Waals surface area (Å²) < 4.78 is 12.8. The van der Waals surface area contributed by atoms with Crippen LogP contribution in [0.4, 0.5) is 4.39 Å². The van der Waals surface area contributed by atoms with Crippen LogP contribution in [0.25, 0.3) is 0 Å². The van der Waals surface area contributed by atoms with Crippen molar-refractivity contribution in [1.29, 1.82) is 0 Å². The number of halogens is 2. The maximum atomic E-state index is 12.8. The highest BCUT2D eigenvalue weighted by Gasteiger charge is 2.14. The topological polar surface area (TPSA) is 51.6 Å². The van der Waals surface area contributed by atoms with Gasteiger partial charge < -0.3 is 0 Å². The van der Waals surface area contributed by atoms with E-state index in [1.807, 2.05) is 6.92 Å². The van der Waals surface area contributed by atoms with Gasteiger partial charge in [0.25, 0.3) is 0 Å². The molecule has 2 unspecified atom stereocenters. The Balaban J connectivity index is 1.91. The first kappa shape index (κ1) is 14.8. The third-order valence-corrected chi connectivity index (χ3v) is 3.39. The third-order valence-electron chi connectivity index (χ3n) is 3.19. The van der Waals surface area contributed by atoms with Gasteiger partial charge in [-0.3, -0.25) is 0 Å². The minimum Gasteiger partial charge on any atom is -0.240 e. The largest absolute Gasteiger partial charge is 0.240 e. The Kier molecular flexibility index (Phi) is 4.95. The van der Waals surface area contributed by atoms with Crippen LogP contribution in [0, 0.1) is 5.82 Å². The normalized spacial score (nSPS) is 14.0. The summed E-state index contributed by atoms with van der Waals surface area (Å²) in [5.74, 6) is 1.43. The van der Waals surface area contributed by atoms with Gasteiger partial charge in [0.1, 0.15) is 11.6 Å². The lowest BCUT2D eigenvalue weighted by atomic mass is 9.97. The molecule has 0 saturated carbocycles. The summed E-state index contributed by atoms with van der Waals surface area (Å²) in [6.45, 7) is 4.10. The molecule has 2 heterocycles. The van der Waals surface area contributed by atoms with Crippen LogP contribution in [0.15, 0.2) is 24.8 Å². The van der Waals surface area contributed by atoms with Crippen LogP contribution in [0.1, 0.15) is 50.2 Å². The van der Waals surface area contributed by atoms with E-state index in [4.69, 9.17) is 11.6 Å². The molecule has 2 aromatic rings. The molecule has 0 aromatic carbocycles. The van der Waals surface area contributed by atoms with E-state index >= 15 is 0 Å². The van der Waals surface area contributed by atoms with E-state index < -0.39 is 5.82 Å². The molecule has 20 heavy (non-hydrogen) atoms. The van der Waals surface area contributed by atoms with Crippen molar-refractivity contribution in [2.24, 2.45) is 0 Å². The van der Waals surface area contributed by atoms with Gasteiger partial charge in [0.15, 0.2) is 5.82 Å². The molecule has 0 saturated heterocycles. The minimum atomic E-state index is -0.413. The van der Waals surface area contributed by atoms with Crippen LogP contribution in [0.3, 0.4) is 0 Å². The zero-order valence-corrected chi connectivity index (χ0v) is 12.2. The second-order valence-corrected chi connectivity index (χ2v) is 5.33. The van der Waals surface area contributed by atoms with E-state index in [2.05, 4.69) is 26.9 Å². The van der Waals surface area contributed by atoms with Crippen molar-refractivity contribution in [3.05, 3.63) is 47.3 Å². The second-order valence-electron chi connectivity index (χ2n) is 4.90. The van der Waals surface area contributed by atoms with Gasteiger partial charge in [-0.15, -0.1) is 0 Å². The fourth-order valence-electron chi connectivity index (χ4n) is 1.91. The predicted octanol–water partition coefficient (Wildman–Crippen LogP) is 3.75. The molecule has 0 bridgehead atoms. The molecule has 2 atom stereocenters. The van der Waals surface area contributed by atoms with Gasteiger partial charge in [0.05, 0.1) is 17.4 Å². The maximum absolute atomic E-state index is 12.8. The summed E-state index contributed by atoms with van der Waals surface area (Å²) >= 11 is 5.76. The summed E-state index contributed by atoms with van der Waals surface area (Å²) in [5.41, 5.74) is 0. The number of nitrogens with zero attached hydrogens (tertiary/aromatic N) is 4. The molecule has 0 radical (unpaired) electrons. The number of hydrogen-bond donors (Lipinski definition) is 0. The van der Waals surface area contributed by atoms with Crippen molar-refractivity contribution >= 4 is 11.6 Å². The van der Waals surface area contributed by atoms with Crippen molar-refractivity contribution in [3.8, 4) is 0 Å². The molecule has 106 valence electrons. The number of aromatic nitrogens is 4. The van der Waals surface area contributed by atoms with Crippen LogP contribution in [-0.2, 0) is 0 Å². The summed E-state index contributed by atoms with van der Waals surface area (Å²) in [6.07, 6.45) is 7.40. The van der Waals surface area contributed by atoms with E-state index in [1.54, 1.807) is 12.4 Å². The first-order valence-electron chi connectivity index (χ1n) is 6.51. The standard InChI is InChI=1S/C14H16ClFN4/c1-9(13-17-5-11(15)6-18-13)3-4-10(2)14-19-7-12(16)8-20-14/h5-10H,3-4H2,1-2H3. The zero-order valence-electron chi connectivity index (χ0n) is 11.4. The molecular weight excluding hydrogens is 279 g/mol. The van der Waals surface area contributed by atoms with Crippen LogP contribution in [0.2, 0.25) is 5.02 Å². The van der Waals surface area contributed by atoms with Crippen molar-refractivity contribution in [3.63, 3.8) is 0 Å². The van der Waals surface area contributed by atoms with Gasteiger partial charge >= 0.3 is 0 Å². The van der Waals surface area contributed by atoms with Crippen molar-refractivity contribution < 1.29 is 4.39 Å². The monoisotopic (exact) mass is 294 g/mol. The van der Waals surface area contributed by atoms with E-state index in [1.165, 1.54) is 12.4 Å². The van der Waals surface area contributed by atoms with Gasteiger partial charge in [0.2, 0.25) is 0 Å². The molecule has 4 nitrogen and oxygen atoms in total. The zero-order chi connectivity index (χ0) is 14.5.